The number of halogens is 1. The number of thiophene rings is 1. The largest absolute Gasteiger partial charge is 0.481 e. The minimum atomic E-state index is -3.50. The van der Waals surface area contributed by atoms with Gasteiger partial charge < -0.3 is 4.74 Å². The Morgan fingerprint density at radius 1 is 1.47 bits per heavy atom. The van der Waals surface area contributed by atoms with E-state index in [0.717, 1.165) is 16.9 Å². The van der Waals surface area contributed by atoms with Crippen molar-refractivity contribution in [2.75, 3.05) is 7.11 Å². The molecule has 102 valence electrons. The maximum Gasteiger partial charge on any atom is 0.251 e. The van der Waals surface area contributed by atoms with Crippen molar-refractivity contribution in [1.82, 2.24) is 9.71 Å². The lowest BCUT2D eigenvalue weighted by Crippen LogP contribution is -2.22. The zero-order valence-corrected chi connectivity index (χ0v) is 13.2. The quantitative estimate of drug-likeness (QED) is 0.886. The molecule has 0 fully saturated rings. The third kappa shape index (κ3) is 3.53. The second kappa shape index (κ2) is 6.00. The van der Waals surface area contributed by atoms with E-state index in [4.69, 9.17) is 4.74 Å². The van der Waals surface area contributed by atoms with E-state index in [2.05, 4.69) is 25.6 Å². The molecule has 0 unspecified atom stereocenters. The lowest BCUT2D eigenvalue weighted by atomic mass is 10.3. The standard InChI is InChI=1S/C11H11BrN2O3S2/c1-17-10-6-8(2-4-13-10)7-14-19(15,16)11-9(12)3-5-18-11/h2-6,14H,7H2,1H3. The molecule has 0 aliphatic carbocycles. The van der Waals surface area contributed by atoms with Gasteiger partial charge in [0.15, 0.2) is 0 Å². The Morgan fingerprint density at radius 3 is 2.89 bits per heavy atom. The van der Waals surface area contributed by atoms with Crippen molar-refractivity contribution < 1.29 is 13.2 Å². The highest BCUT2D eigenvalue weighted by molar-refractivity contribution is 9.10. The summed E-state index contributed by atoms with van der Waals surface area (Å²) in [5, 5.41) is 1.72. The van der Waals surface area contributed by atoms with Gasteiger partial charge in [-0.2, -0.15) is 0 Å². The van der Waals surface area contributed by atoms with E-state index >= 15 is 0 Å². The first-order valence-electron chi connectivity index (χ1n) is 5.24. The van der Waals surface area contributed by atoms with Crippen LogP contribution >= 0.6 is 27.3 Å². The van der Waals surface area contributed by atoms with Crippen LogP contribution in [0.5, 0.6) is 5.88 Å². The Balaban J connectivity index is 2.12. The summed E-state index contributed by atoms with van der Waals surface area (Å²) in [5.74, 6) is 0.453. The molecule has 8 heteroatoms. The van der Waals surface area contributed by atoms with Crippen LogP contribution in [0.15, 0.2) is 38.5 Å². The molecule has 2 heterocycles. The summed E-state index contributed by atoms with van der Waals surface area (Å²) in [6, 6.07) is 5.12. The second-order valence-corrected chi connectivity index (χ2v) is 7.32. The van der Waals surface area contributed by atoms with Crippen molar-refractivity contribution >= 4 is 37.3 Å². The third-order valence-electron chi connectivity index (χ3n) is 2.30. The number of nitrogens with one attached hydrogen (secondary N) is 1. The number of pyridine rings is 1. The Bertz CT molecular complexity index is 670. The van der Waals surface area contributed by atoms with Crippen molar-refractivity contribution in [3.63, 3.8) is 0 Å². The molecular formula is C11H11BrN2O3S2. The topological polar surface area (TPSA) is 68.3 Å². The lowest BCUT2D eigenvalue weighted by Gasteiger charge is -2.06. The molecule has 1 N–H and O–H groups in total. The molecule has 0 bridgehead atoms. The predicted molar refractivity (Wildman–Crippen MR) is 76.8 cm³/mol. The number of ether oxygens (including phenoxy) is 1. The number of hydrogen-bond acceptors (Lipinski definition) is 5. The zero-order chi connectivity index (χ0) is 13.9. The van der Waals surface area contributed by atoms with E-state index in [-0.39, 0.29) is 10.8 Å². The molecule has 0 atom stereocenters. The fourth-order valence-electron chi connectivity index (χ4n) is 1.39. The van der Waals surface area contributed by atoms with Crippen molar-refractivity contribution in [3.8, 4) is 5.88 Å². The van der Waals surface area contributed by atoms with Crippen LogP contribution in [0.2, 0.25) is 0 Å². The first-order valence-corrected chi connectivity index (χ1v) is 8.40. The predicted octanol–water partition coefficient (Wildman–Crippen LogP) is 2.39. The summed E-state index contributed by atoms with van der Waals surface area (Å²) in [6.07, 6.45) is 1.57. The summed E-state index contributed by atoms with van der Waals surface area (Å²) in [5.41, 5.74) is 0.781. The number of sulfonamides is 1. The maximum absolute atomic E-state index is 12.1. The van der Waals surface area contributed by atoms with E-state index in [1.54, 1.807) is 29.8 Å². The number of nitrogens with zero attached hydrogens (tertiary/aromatic N) is 1. The molecule has 19 heavy (non-hydrogen) atoms. The number of rotatable bonds is 5. The van der Waals surface area contributed by atoms with Crippen LogP contribution in [-0.4, -0.2) is 20.5 Å². The first-order chi connectivity index (χ1) is 9.03. The van der Waals surface area contributed by atoms with Crippen LogP contribution in [0.3, 0.4) is 0 Å². The molecule has 2 rings (SSSR count). The van der Waals surface area contributed by atoms with E-state index in [9.17, 15) is 8.42 Å². The molecule has 2 aromatic heterocycles. The fraction of sp³-hybridized carbons (Fsp3) is 0.182. The molecule has 0 radical (unpaired) electrons. The second-order valence-electron chi connectivity index (χ2n) is 3.59. The average molecular weight is 363 g/mol. The summed E-state index contributed by atoms with van der Waals surface area (Å²) in [4.78, 5) is 3.96. The van der Waals surface area contributed by atoms with Crippen molar-refractivity contribution in [3.05, 3.63) is 39.8 Å². The van der Waals surface area contributed by atoms with Gasteiger partial charge in [0, 0.05) is 23.3 Å². The van der Waals surface area contributed by atoms with Gasteiger partial charge in [-0.3, -0.25) is 0 Å². The van der Waals surface area contributed by atoms with Gasteiger partial charge in [0.05, 0.1) is 7.11 Å². The maximum atomic E-state index is 12.1. The number of methoxy groups -OCH3 is 1. The monoisotopic (exact) mass is 362 g/mol. The van der Waals surface area contributed by atoms with Crippen LogP contribution in [-0.2, 0) is 16.6 Å². The molecule has 0 aliphatic heterocycles. The van der Waals surface area contributed by atoms with E-state index in [0.29, 0.717) is 10.4 Å². The summed E-state index contributed by atoms with van der Waals surface area (Å²) < 4.78 is 32.5. The van der Waals surface area contributed by atoms with Crippen molar-refractivity contribution in [2.24, 2.45) is 0 Å². The Hall–Kier alpha value is -0.960. The molecule has 0 aromatic carbocycles. The van der Waals surface area contributed by atoms with Gasteiger partial charge in [-0.25, -0.2) is 18.1 Å². The minimum Gasteiger partial charge on any atom is -0.481 e. The Labute approximate surface area is 123 Å². The number of hydrogen-bond donors (Lipinski definition) is 1. The Morgan fingerprint density at radius 2 is 2.26 bits per heavy atom. The zero-order valence-electron chi connectivity index (χ0n) is 9.96. The van der Waals surface area contributed by atoms with Crippen molar-refractivity contribution in [2.45, 2.75) is 10.8 Å². The molecule has 0 spiro atoms. The van der Waals surface area contributed by atoms with Crippen molar-refractivity contribution in [1.29, 1.82) is 0 Å². The SMILES string of the molecule is COc1cc(CNS(=O)(=O)c2sccc2Br)ccn1. The average Bonchev–Trinajstić information content (AvgIpc) is 2.84. The van der Waals surface area contributed by atoms with Gasteiger partial charge in [0.1, 0.15) is 4.21 Å². The van der Waals surface area contributed by atoms with Gasteiger partial charge in [-0.05, 0) is 39.0 Å². The lowest BCUT2D eigenvalue weighted by molar-refractivity contribution is 0.397. The molecule has 0 amide bonds. The van der Waals surface area contributed by atoms with Gasteiger partial charge in [-0.1, -0.05) is 0 Å². The summed E-state index contributed by atoms with van der Waals surface area (Å²) >= 11 is 4.38. The smallest absolute Gasteiger partial charge is 0.251 e. The first kappa shape index (κ1) is 14.4. The Kier molecular flexibility index (Phi) is 4.56. The molecule has 0 saturated heterocycles. The van der Waals surface area contributed by atoms with Crippen LogP contribution in [0, 0.1) is 0 Å². The summed E-state index contributed by atoms with van der Waals surface area (Å²) in [7, 11) is -1.99. The van der Waals surface area contributed by atoms with Crippen LogP contribution in [0.1, 0.15) is 5.56 Å². The van der Waals surface area contributed by atoms with Crippen LogP contribution in [0.25, 0.3) is 0 Å². The van der Waals surface area contributed by atoms with Gasteiger partial charge in [0.25, 0.3) is 10.0 Å². The normalized spacial score (nSPS) is 11.5. The molecule has 2 aromatic rings. The molecule has 0 saturated carbocycles. The fourth-order valence-corrected chi connectivity index (χ4v) is 4.79. The highest BCUT2D eigenvalue weighted by Gasteiger charge is 2.18. The molecule has 0 aliphatic rings. The minimum absolute atomic E-state index is 0.186. The third-order valence-corrected chi connectivity index (χ3v) is 6.37. The molecular weight excluding hydrogens is 352 g/mol. The van der Waals surface area contributed by atoms with Crippen LogP contribution in [0.4, 0.5) is 0 Å². The van der Waals surface area contributed by atoms with Gasteiger partial charge >= 0.3 is 0 Å². The van der Waals surface area contributed by atoms with Gasteiger partial charge in [-0.15, -0.1) is 11.3 Å². The highest BCUT2D eigenvalue weighted by atomic mass is 79.9. The molecule has 5 nitrogen and oxygen atoms in total. The van der Waals surface area contributed by atoms with Crippen LogP contribution < -0.4 is 9.46 Å². The van der Waals surface area contributed by atoms with Gasteiger partial charge in [0.2, 0.25) is 5.88 Å². The van der Waals surface area contributed by atoms with E-state index in [1.807, 2.05) is 0 Å². The van der Waals surface area contributed by atoms with E-state index < -0.39 is 10.0 Å². The highest BCUT2D eigenvalue weighted by Crippen LogP contribution is 2.27. The van der Waals surface area contributed by atoms with E-state index in [1.165, 1.54) is 7.11 Å². The summed E-state index contributed by atoms with van der Waals surface area (Å²) in [6.45, 7) is 0.186. The number of aromatic nitrogens is 1.